The van der Waals surface area contributed by atoms with E-state index in [2.05, 4.69) is 46.5 Å². The van der Waals surface area contributed by atoms with Crippen LogP contribution in [0.15, 0.2) is 30.3 Å². The molecule has 19 heavy (non-hydrogen) atoms. The standard InChI is InChI=1S/C15H20N4/c1-10-8-15(19-12(3)17-10)18-11(2)14-6-4-13(9-16)5-7-14/h4-8,11H,9,16H2,1-3H3,(H,17,18,19). The van der Waals surface area contributed by atoms with E-state index in [1.165, 1.54) is 5.56 Å². The van der Waals surface area contributed by atoms with Gasteiger partial charge in [-0.25, -0.2) is 9.97 Å². The van der Waals surface area contributed by atoms with Gasteiger partial charge in [0.2, 0.25) is 0 Å². The zero-order valence-corrected chi connectivity index (χ0v) is 11.6. The number of benzene rings is 1. The van der Waals surface area contributed by atoms with Gasteiger partial charge in [-0.3, -0.25) is 0 Å². The summed E-state index contributed by atoms with van der Waals surface area (Å²) in [5, 5.41) is 3.39. The molecular weight excluding hydrogens is 236 g/mol. The molecule has 1 atom stereocenters. The molecule has 4 nitrogen and oxygen atoms in total. The van der Waals surface area contributed by atoms with Gasteiger partial charge in [0.25, 0.3) is 0 Å². The largest absolute Gasteiger partial charge is 0.363 e. The van der Waals surface area contributed by atoms with E-state index in [1.54, 1.807) is 0 Å². The number of hydrogen-bond acceptors (Lipinski definition) is 4. The Morgan fingerprint density at radius 1 is 1.16 bits per heavy atom. The molecular formula is C15H20N4. The molecule has 1 unspecified atom stereocenters. The van der Waals surface area contributed by atoms with Crippen molar-refractivity contribution >= 4 is 5.82 Å². The van der Waals surface area contributed by atoms with Gasteiger partial charge in [0, 0.05) is 24.3 Å². The SMILES string of the molecule is Cc1cc(NC(C)c2ccc(CN)cc2)nc(C)n1. The van der Waals surface area contributed by atoms with Gasteiger partial charge in [-0.15, -0.1) is 0 Å². The number of anilines is 1. The maximum Gasteiger partial charge on any atom is 0.130 e. The summed E-state index contributed by atoms with van der Waals surface area (Å²) in [4.78, 5) is 8.66. The maximum absolute atomic E-state index is 5.60. The average Bonchev–Trinajstić information content (AvgIpc) is 2.37. The van der Waals surface area contributed by atoms with Crippen molar-refractivity contribution in [1.29, 1.82) is 0 Å². The van der Waals surface area contributed by atoms with E-state index in [-0.39, 0.29) is 6.04 Å². The first-order chi connectivity index (χ1) is 9.08. The summed E-state index contributed by atoms with van der Waals surface area (Å²) >= 11 is 0. The van der Waals surface area contributed by atoms with E-state index in [9.17, 15) is 0 Å². The van der Waals surface area contributed by atoms with Gasteiger partial charge in [-0.05, 0) is 31.9 Å². The highest BCUT2D eigenvalue weighted by Gasteiger charge is 2.07. The van der Waals surface area contributed by atoms with E-state index in [0.717, 1.165) is 22.9 Å². The Balaban J connectivity index is 2.13. The summed E-state index contributed by atoms with van der Waals surface area (Å²) in [5.41, 5.74) is 8.93. The Morgan fingerprint density at radius 3 is 2.42 bits per heavy atom. The lowest BCUT2D eigenvalue weighted by atomic mass is 10.1. The van der Waals surface area contributed by atoms with E-state index in [4.69, 9.17) is 5.73 Å². The molecule has 0 radical (unpaired) electrons. The fourth-order valence-electron chi connectivity index (χ4n) is 2.04. The van der Waals surface area contributed by atoms with Gasteiger partial charge in [0.15, 0.2) is 0 Å². The zero-order chi connectivity index (χ0) is 13.8. The van der Waals surface area contributed by atoms with Gasteiger partial charge >= 0.3 is 0 Å². The highest BCUT2D eigenvalue weighted by atomic mass is 15.0. The molecule has 0 amide bonds. The lowest BCUT2D eigenvalue weighted by Crippen LogP contribution is -2.09. The molecule has 0 saturated heterocycles. The molecule has 0 bridgehead atoms. The van der Waals surface area contributed by atoms with Crippen LogP contribution in [0.2, 0.25) is 0 Å². The summed E-state index contributed by atoms with van der Waals surface area (Å²) in [7, 11) is 0. The third kappa shape index (κ3) is 3.51. The fourth-order valence-corrected chi connectivity index (χ4v) is 2.04. The Hall–Kier alpha value is -1.94. The molecule has 0 saturated carbocycles. The molecule has 1 aromatic heterocycles. The van der Waals surface area contributed by atoms with Crippen LogP contribution in [-0.2, 0) is 6.54 Å². The predicted octanol–water partition coefficient (Wildman–Crippen LogP) is 2.73. The molecule has 0 aliphatic rings. The minimum Gasteiger partial charge on any atom is -0.363 e. The van der Waals surface area contributed by atoms with Crippen LogP contribution in [0.5, 0.6) is 0 Å². The number of rotatable bonds is 4. The van der Waals surface area contributed by atoms with Crippen LogP contribution < -0.4 is 11.1 Å². The van der Waals surface area contributed by atoms with E-state index in [0.29, 0.717) is 6.54 Å². The second-order valence-corrected chi connectivity index (χ2v) is 4.75. The molecule has 1 heterocycles. The first-order valence-corrected chi connectivity index (χ1v) is 6.46. The number of hydrogen-bond donors (Lipinski definition) is 2. The smallest absolute Gasteiger partial charge is 0.130 e. The van der Waals surface area contributed by atoms with Crippen molar-refractivity contribution in [2.75, 3.05) is 5.32 Å². The van der Waals surface area contributed by atoms with Crippen LogP contribution >= 0.6 is 0 Å². The maximum atomic E-state index is 5.60. The minimum absolute atomic E-state index is 0.195. The van der Waals surface area contributed by atoms with Crippen molar-refractivity contribution in [2.45, 2.75) is 33.4 Å². The Labute approximate surface area is 114 Å². The zero-order valence-electron chi connectivity index (χ0n) is 11.6. The number of nitrogens with zero attached hydrogens (tertiary/aromatic N) is 2. The average molecular weight is 256 g/mol. The Morgan fingerprint density at radius 2 is 1.84 bits per heavy atom. The lowest BCUT2D eigenvalue weighted by molar-refractivity contribution is 0.862. The van der Waals surface area contributed by atoms with Gasteiger partial charge in [-0.1, -0.05) is 24.3 Å². The number of aromatic nitrogens is 2. The number of aryl methyl sites for hydroxylation is 2. The van der Waals surface area contributed by atoms with Crippen molar-refractivity contribution < 1.29 is 0 Å². The van der Waals surface area contributed by atoms with Crippen molar-refractivity contribution in [3.05, 3.63) is 53.0 Å². The molecule has 2 rings (SSSR count). The molecule has 0 fully saturated rings. The van der Waals surface area contributed by atoms with Gasteiger partial charge in [-0.2, -0.15) is 0 Å². The molecule has 0 aliphatic heterocycles. The summed E-state index contributed by atoms with van der Waals surface area (Å²) in [5.74, 6) is 1.65. The Kier molecular flexibility index (Phi) is 4.12. The van der Waals surface area contributed by atoms with Crippen LogP contribution in [0.1, 0.15) is 35.6 Å². The monoisotopic (exact) mass is 256 g/mol. The molecule has 0 spiro atoms. The molecule has 4 heteroatoms. The van der Waals surface area contributed by atoms with Gasteiger partial charge in [0.1, 0.15) is 11.6 Å². The normalized spacial score (nSPS) is 12.2. The molecule has 3 N–H and O–H groups in total. The summed E-state index contributed by atoms with van der Waals surface area (Å²) in [6.07, 6.45) is 0. The predicted molar refractivity (Wildman–Crippen MR) is 77.9 cm³/mol. The second-order valence-electron chi connectivity index (χ2n) is 4.75. The topological polar surface area (TPSA) is 63.8 Å². The van der Waals surface area contributed by atoms with Crippen LogP contribution in [0.3, 0.4) is 0 Å². The molecule has 2 aromatic rings. The van der Waals surface area contributed by atoms with Crippen LogP contribution in [0.25, 0.3) is 0 Å². The van der Waals surface area contributed by atoms with E-state index < -0.39 is 0 Å². The van der Waals surface area contributed by atoms with Crippen LogP contribution in [0.4, 0.5) is 5.82 Å². The third-order valence-corrected chi connectivity index (χ3v) is 3.05. The Bertz CT molecular complexity index is 528. The second kappa shape index (κ2) is 5.80. The van der Waals surface area contributed by atoms with Crippen LogP contribution in [0, 0.1) is 13.8 Å². The van der Waals surface area contributed by atoms with Crippen LogP contribution in [-0.4, -0.2) is 9.97 Å². The number of nitrogens with two attached hydrogens (primary N) is 1. The third-order valence-electron chi connectivity index (χ3n) is 3.05. The van der Waals surface area contributed by atoms with E-state index in [1.807, 2.05) is 19.9 Å². The highest BCUT2D eigenvalue weighted by Crippen LogP contribution is 2.18. The highest BCUT2D eigenvalue weighted by molar-refractivity contribution is 5.39. The molecule has 0 aliphatic carbocycles. The van der Waals surface area contributed by atoms with Crippen molar-refractivity contribution in [2.24, 2.45) is 5.73 Å². The molecule has 100 valence electrons. The van der Waals surface area contributed by atoms with Crippen molar-refractivity contribution in [1.82, 2.24) is 9.97 Å². The van der Waals surface area contributed by atoms with Crippen molar-refractivity contribution in [3.63, 3.8) is 0 Å². The summed E-state index contributed by atoms with van der Waals surface area (Å²) in [6, 6.07) is 10.5. The lowest BCUT2D eigenvalue weighted by Gasteiger charge is -2.16. The summed E-state index contributed by atoms with van der Waals surface area (Å²) < 4.78 is 0. The quantitative estimate of drug-likeness (QED) is 0.883. The van der Waals surface area contributed by atoms with Crippen molar-refractivity contribution in [3.8, 4) is 0 Å². The van der Waals surface area contributed by atoms with E-state index >= 15 is 0 Å². The first-order valence-electron chi connectivity index (χ1n) is 6.46. The molecule has 1 aromatic carbocycles. The first kappa shape index (κ1) is 13.5. The summed E-state index contributed by atoms with van der Waals surface area (Å²) in [6.45, 7) is 6.57. The van der Waals surface area contributed by atoms with Gasteiger partial charge < -0.3 is 11.1 Å². The number of nitrogens with one attached hydrogen (secondary N) is 1. The fraction of sp³-hybridized carbons (Fsp3) is 0.333. The minimum atomic E-state index is 0.195. The van der Waals surface area contributed by atoms with Gasteiger partial charge in [0.05, 0.1) is 0 Å².